The van der Waals surface area contributed by atoms with Crippen molar-refractivity contribution in [2.24, 2.45) is 0 Å². The third-order valence-electron chi connectivity index (χ3n) is 5.93. The molecule has 3 heteroatoms. The predicted molar refractivity (Wildman–Crippen MR) is 102 cm³/mol. The average molecular weight is 332 g/mol. The minimum absolute atomic E-state index is 0.783. The van der Waals surface area contributed by atoms with Crippen LogP contribution in [0.1, 0.15) is 23.5 Å². The summed E-state index contributed by atoms with van der Waals surface area (Å²) >= 11 is 0. The van der Waals surface area contributed by atoms with Gasteiger partial charge >= 0.3 is 0 Å². The summed E-state index contributed by atoms with van der Waals surface area (Å²) in [5.74, 6) is 0.783. The number of para-hydroxylation sites is 1. The summed E-state index contributed by atoms with van der Waals surface area (Å²) in [6, 6.07) is 17.4. The molecule has 5 rings (SSSR count). The smallest absolute Gasteiger partial charge is 0.157 e. The number of hydrogen-bond acceptors (Lipinski definition) is 3. The third kappa shape index (κ3) is 2.73. The molecule has 0 N–H and O–H groups in total. The van der Waals surface area contributed by atoms with Crippen LogP contribution in [0.15, 0.2) is 59.2 Å². The van der Waals surface area contributed by atoms with Gasteiger partial charge in [-0.15, -0.1) is 0 Å². The molecule has 0 radical (unpaired) electrons. The highest BCUT2D eigenvalue weighted by atomic mass is 16.3. The maximum Gasteiger partial charge on any atom is 0.157 e. The molecule has 128 valence electrons. The van der Waals surface area contributed by atoms with Crippen LogP contribution in [0.25, 0.3) is 11.0 Å². The van der Waals surface area contributed by atoms with E-state index in [1.165, 1.54) is 30.5 Å². The van der Waals surface area contributed by atoms with Gasteiger partial charge in [0.25, 0.3) is 0 Å². The molecule has 0 spiro atoms. The molecule has 0 saturated carbocycles. The molecule has 0 unspecified atom stereocenters. The van der Waals surface area contributed by atoms with Crippen LogP contribution in [0.2, 0.25) is 0 Å². The van der Waals surface area contributed by atoms with Crippen LogP contribution in [0.5, 0.6) is 0 Å². The highest BCUT2D eigenvalue weighted by Crippen LogP contribution is 2.37. The molecule has 1 aliphatic heterocycles. The number of rotatable bonds is 4. The molecule has 3 aromatic rings. The van der Waals surface area contributed by atoms with Gasteiger partial charge in [0.2, 0.25) is 0 Å². The second-order valence-electron chi connectivity index (χ2n) is 7.33. The standard InChI is InChI=1S/C22H24N2O/c1-2-6-20-18(4-1)16-19(20)8-10-23-11-13-24(14-12-23)21-7-3-5-17-9-15-25-22(17)21/h1-7,9,15,19H,8,10-14,16H2/t19-/m0/s1. The zero-order chi connectivity index (χ0) is 16.6. The van der Waals surface area contributed by atoms with Gasteiger partial charge in [-0.1, -0.05) is 36.4 Å². The fraction of sp³-hybridized carbons (Fsp3) is 0.364. The average Bonchev–Trinajstić information content (AvgIpc) is 3.12. The molecule has 25 heavy (non-hydrogen) atoms. The van der Waals surface area contributed by atoms with Crippen molar-refractivity contribution < 1.29 is 4.42 Å². The van der Waals surface area contributed by atoms with Crippen LogP contribution < -0.4 is 4.90 Å². The molecule has 2 aliphatic rings. The summed E-state index contributed by atoms with van der Waals surface area (Å²) < 4.78 is 5.71. The molecule has 0 amide bonds. The Labute approximate surface area is 148 Å². The lowest BCUT2D eigenvalue weighted by Gasteiger charge is -2.38. The minimum atomic E-state index is 0.783. The van der Waals surface area contributed by atoms with Crippen molar-refractivity contribution in [3.8, 4) is 0 Å². The summed E-state index contributed by atoms with van der Waals surface area (Å²) in [7, 11) is 0. The maximum atomic E-state index is 5.71. The second kappa shape index (κ2) is 6.23. The fourth-order valence-electron chi connectivity index (χ4n) is 4.40. The Kier molecular flexibility index (Phi) is 3.75. The lowest BCUT2D eigenvalue weighted by Crippen LogP contribution is -2.47. The van der Waals surface area contributed by atoms with Crippen molar-refractivity contribution in [2.45, 2.75) is 18.8 Å². The van der Waals surface area contributed by atoms with Gasteiger partial charge in [-0.2, -0.15) is 0 Å². The molecule has 1 saturated heterocycles. The fourth-order valence-corrected chi connectivity index (χ4v) is 4.40. The predicted octanol–water partition coefficient (Wildman–Crippen LogP) is 4.28. The molecular formula is C22H24N2O. The van der Waals surface area contributed by atoms with Gasteiger partial charge in [0.05, 0.1) is 12.0 Å². The summed E-state index contributed by atoms with van der Waals surface area (Å²) in [5, 5.41) is 1.20. The van der Waals surface area contributed by atoms with E-state index in [2.05, 4.69) is 52.3 Å². The van der Waals surface area contributed by atoms with Crippen molar-refractivity contribution in [3.63, 3.8) is 0 Å². The van der Waals surface area contributed by atoms with Crippen LogP contribution in [0, 0.1) is 0 Å². The molecule has 1 fully saturated rings. The van der Waals surface area contributed by atoms with Crippen LogP contribution in [-0.4, -0.2) is 37.6 Å². The monoisotopic (exact) mass is 332 g/mol. The number of piperazine rings is 1. The lowest BCUT2D eigenvalue weighted by atomic mass is 9.76. The number of benzene rings is 2. The van der Waals surface area contributed by atoms with E-state index in [-0.39, 0.29) is 0 Å². The Balaban J connectivity index is 1.18. The normalized spacial score (nSPS) is 20.5. The summed E-state index contributed by atoms with van der Waals surface area (Å²) in [6.07, 6.45) is 4.36. The van der Waals surface area contributed by atoms with Gasteiger partial charge in [0, 0.05) is 31.6 Å². The van der Waals surface area contributed by atoms with Crippen LogP contribution in [-0.2, 0) is 6.42 Å². The number of nitrogens with zero attached hydrogens (tertiary/aromatic N) is 2. The van der Waals surface area contributed by atoms with Crippen molar-refractivity contribution >= 4 is 16.7 Å². The second-order valence-corrected chi connectivity index (χ2v) is 7.33. The molecule has 3 nitrogen and oxygen atoms in total. The van der Waals surface area contributed by atoms with E-state index in [4.69, 9.17) is 4.42 Å². The minimum Gasteiger partial charge on any atom is -0.462 e. The first-order chi connectivity index (χ1) is 12.4. The molecule has 2 heterocycles. The first kappa shape index (κ1) is 15.0. The number of hydrogen-bond donors (Lipinski definition) is 0. The van der Waals surface area contributed by atoms with E-state index in [1.54, 1.807) is 17.4 Å². The van der Waals surface area contributed by atoms with E-state index >= 15 is 0 Å². The van der Waals surface area contributed by atoms with Gasteiger partial charge in [-0.3, -0.25) is 4.90 Å². The largest absolute Gasteiger partial charge is 0.462 e. The van der Waals surface area contributed by atoms with E-state index in [0.29, 0.717) is 0 Å². The highest BCUT2D eigenvalue weighted by molar-refractivity contribution is 5.89. The van der Waals surface area contributed by atoms with E-state index in [9.17, 15) is 0 Å². The van der Waals surface area contributed by atoms with Gasteiger partial charge in [-0.05, 0) is 48.6 Å². The zero-order valence-electron chi connectivity index (χ0n) is 14.5. The number of furan rings is 1. The quantitative estimate of drug-likeness (QED) is 0.711. The van der Waals surface area contributed by atoms with Gasteiger partial charge in [0.15, 0.2) is 5.58 Å². The molecule has 1 aromatic heterocycles. The van der Waals surface area contributed by atoms with Crippen molar-refractivity contribution in [1.29, 1.82) is 0 Å². The van der Waals surface area contributed by atoms with Crippen molar-refractivity contribution in [2.75, 3.05) is 37.6 Å². The Hall–Kier alpha value is -2.26. The van der Waals surface area contributed by atoms with E-state index in [0.717, 1.165) is 37.7 Å². The summed E-state index contributed by atoms with van der Waals surface area (Å²) in [6.45, 7) is 5.68. The first-order valence-corrected chi connectivity index (χ1v) is 9.40. The van der Waals surface area contributed by atoms with E-state index < -0.39 is 0 Å². The molecule has 0 bridgehead atoms. The van der Waals surface area contributed by atoms with Gasteiger partial charge in [-0.25, -0.2) is 0 Å². The van der Waals surface area contributed by atoms with Crippen LogP contribution >= 0.6 is 0 Å². The summed E-state index contributed by atoms with van der Waals surface area (Å²) in [5.41, 5.74) is 5.42. The lowest BCUT2D eigenvalue weighted by molar-refractivity contribution is 0.245. The molecular weight excluding hydrogens is 308 g/mol. The number of anilines is 1. The summed E-state index contributed by atoms with van der Waals surface area (Å²) in [4.78, 5) is 5.10. The molecule has 2 aromatic carbocycles. The topological polar surface area (TPSA) is 19.6 Å². The number of fused-ring (bicyclic) bond motifs is 2. The Morgan fingerprint density at radius 3 is 2.68 bits per heavy atom. The maximum absolute atomic E-state index is 5.71. The van der Waals surface area contributed by atoms with Gasteiger partial charge < -0.3 is 9.32 Å². The van der Waals surface area contributed by atoms with Crippen molar-refractivity contribution in [1.82, 2.24) is 4.90 Å². The first-order valence-electron chi connectivity index (χ1n) is 9.40. The van der Waals surface area contributed by atoms with Crippen molar-refractivity contribution in [3.05, 3.63) is 65.9 Å². The highest BCUT2D eigenvalue weighted by Gasteiger charge is 2.26. The van der Waals surface area contributed by atoms with Crippen LogP contribution in [0.3, 0.4) is 0 Å². The zero-order valence-corrected chi connectivity index (χ0v) is 14.5. The van der Waals surface area contributed by atoms with Gasteiger partial charge in [0.1, 0.15) is 0 Å². The third-order valence-corrected chi connectivity index (χ3v) is 5.93. The SMILES string of the molecule is c1ccc2c(c1)C[C@@H]2CCN1CCN(c2cccc3ccoc23)CC1. The van der Waals surface area contributed by atoms with E-state index in [1.807, 2.05) is 6.07 Å². The Morgan fingerprint density at radius 2 is 1.80 bits per heavy atom. The Morgan fingerprint density at radius 1 is 0.920 bits per heavy atom. The van der Waals surface area contributed by atoms with Crippen LogP contribution in [0.4, 0.5) is 5.69 Å². The Bertz CT molecular complexity index is 876. The molecule has 1 aliphatic carbocycles. The molecule has 1 atom stereocenters.